The molecule has 0 N–H and O–H groups in total. The molecule has 3 aliphatic rings. The van der Waals surface area contributed by atoms with Crippen molar-refractivity contribution in [3.05, 3.63) is 131 Å². The molecule has 5 aromatic rings. The summed E-state index contributed by atoms with van der Waals surface area (Å²) >= 11 is 0. The number of likely N-dealkylation sites (tertiary alicyclic amines) is 2. The number of carbonyl (C=O) groups is 2. The molecule has 290 valence electrons. The van der Waals surface area contributed by atoms with E-state index >= 15 is 0 Å². The summed E-state index contributed by atoms with van der Waals surface area (Å²) in [5.74, 6) is 2.14. The third kappa shape index (κ3) is 9.41. The van der Waals surface area contributed by atoms with Crippen LogP contribution in [0.3, 0.4) is 0 Å². The van der Waals surface area contributed by atoms with Crippen molar-refractivity contribution in [3.8, 4) is 22.3 Å². The van der Waals surface area contributed by atoms with Crippen LogP contribution >= 0.6 is 0 Å². The maximum Gasteiger partial charge on any atom is 0.163 e. The molecule has 0 unspecified atom stereocenters. The van der Waals surface area contributed by atoms with Crippen LogP contribution in [0.2, 0.25) is 0 Å². The van der Waals surface area contributed by atoms with Crippen molar-refractivity contribution in [1.82, 2.24) is 9.80 Å². The Morgan fingerprint density at radius 3 is 1.62 bits per heavy atom. The summed E-state index contributed by atoms with van der Waals surface area (Å²) in [6, 6.07) is 38.5. The Morgan fingerprint density at radius 1 is 0.500 bits per heavy atom. The van der Waals surface area contributed by atoms with Crippen LogP contribution in [0, 0.1) is 11.8 Å². The average Bonchev–Trinajstić information content (AvgIpc) is 3.57. The van der Waals surface area contributed by atoms with Gasteiger partial charge in [-0.1, -0.05) is 116 Å². The van der Waals surface area contributed by atoms with Gasteiger partial charge in [0.25, 0.3) is 0 Å². The number of piperidine rings is 2. The zero-order valence-corrected chi connectivity index (χ0v) is 33.4. The predicted octanol–water partition coefficient (Wildman–Crippen LogP) is 11.9. The molecule has 2 aliphatic heterocycles. The summed E-state index contributed by atoms with van der Waals surface area (Å²) in [5.41, 5.74) is 9.16. The van der Waals surface area contributed by atoms with Gasteiger partial charge in [-0.3, -0.25) is 9.59 Å². The molecule has 2 saturated heterocycles. The molecule has 56 heavy (non-hydrogen) atoms. The van der Waals surface area contributed by atoms with Gasteiger partial charge < -0.3 is 9.80 Å². The fourth-order valence-corrected chi connectivity index (χ4v) is 9.96. The maximum atomic E-state index is 13.7. The van der Waals surface area contributed by atoms with Gasteiger partial charge >= 0.3 is 0 Å². The fourth-order valence-electron chi connectivity index (χ4n) is 9.96. The molecule has 4 heteroatoms. The van der Waals surface area contributed by atoms with Crippen LogP contribution in [0.5, 0.6) is 0 Å². The van der Waals surface area contributed by atoms with E-state index in [9.17, 15) is 9.59 Å². The summed E-state index contributed by atoms with van der Waals surface area (Å²) in [4.78, 5) is 32.3. The molecule has 0 bridgehead atoms. The molecule has 8 rings (SSSR count). The Bertz CT molecular complexity index is 2070. The lowest BCUT2D eigenvalue weighted by Gasteiger charge is -2.32. The van der Waals surface area contributed by atoms with Gasteiger partial charge in [0.05, 0.1) is 0 Å². The Kier molecular flexibility index (Phi) is 12.9. The van der Waals surface area contributed by atoms with Crippen LogP contribution in [0.1, 0.15) is 109 Å². The predicted molar refractivity (Wildman–Crippen MR) is 233 cm³/mol. The van der Waals surface area contributed by atoms with Gasteiger partial charge in [0.15, 0.2) is 11.6 Å². The lowest BCUT2D eigenvalue weighted by molar-refractivity contribution is 0.0963. The lowest BCUT2D eigenvalue weighted by Crippen LogP contribution is -2.34. The molecule has 0 aromatic heterocycles. The normalized spacial score (nSPS) is 16.4. The summed E-state index contributed by atoms with van der Waals surface area (Å²) in [5, 5.41) is 2.21. The van der Waals surface area contributed by atoms with E-state index in [2.05, 4.69) is 107 Å². The van der Waals surface area contributed by atoms with E-state index in [1.807, 2.05) is 12.1 Å². The number of aryl methyl sites for hydroxylation is 2. The molecule has 2 heterocycles. The number of carbonyl (C=O) groups excluding carboxylic acids is 2. The van der Waals surface area contributed by atoms with Crippen molar-refractivity contribution in [2.24, 2.45) is 11.8 Å². The topological polar surface area (TPSA) is 40.6 Å². The fraction of sp³-hybridized carbons (Fsp3) is 0.423. The number of rotatable bonds is 18. The van der Waals surface area contributed by atoms with Crippen molar-refractivity contribution in [1.29, 1.82) is 0 Å². The van der Waals surface area contributed by atoms with Gasteiger partial charge in [-0.15, -0.1) is 0 Å². The molecule has 0 saturated carbocycles. The number of benzene rings is 5. The highest BCUT2D eigenvalue weighted by Gasteiger charge is 2.26. The third-order valence-corrected chi connectivity index (χ3v) is 13.3. The first-order valence-electron chi connectivity index (χ1n) is 21.9. The highest BCUT2D eigenvalue weighted by molar-refractivity contribution is 6.21. The molecule has 0 atom stereocenters. The van der Waals surface area contributed by atoms with Crippen molar-refractivity contribution in [2.45, 2.75) is 89.9 Å². The van der Waals surface area contributed by atoms with Crippen LogP contribution < -0.4 is 0 Å². The van der Waals surface area contributed by atoms with Crippen molar-refractivity contribution < 1.29 is 9.59 Å². The lowest BCUT2D eigenvalue weighted by atomic mass is 9.90. The van der Waals surface area contributed by atoms with Crippen LogP contribution in [-0.4, -0.2) is 60.6 Å². The van der Waals surface area contributed by atoms with E-state index in [0.717, 1.165) is 97.0 Å². The van der Waals surface area contributed by atoms with E-state index in [0.29, 0.717) is 12.8 Å². The largest absolute Gasteiger partial charge is 0.303 e. The Balaban J connectivity index is 0.788. The number of hydrogen-bond donors (Lipinski definition) is 0. The molecular formula is C52H60N2O2. The number of ketones is 2. The van der Waals surface area contributed by atoms with Crippen LogP contribution in [0.15, 0.2) is 109 Å². The number of hydrogen-bond acceptors (Lipinski definition) is 4. The average molecular weight is 745 g/mol. The van der Waals surface area contributed by atoms with E-state index in [1.165, 1.54) is 86.5 Å². The molecule has 0 amide bonds. The molecular weight excluding hydrogens is 685 g/mol. The smallest absolute Gasteiger partial charge is 0.163 e. The molecule has 5 aromatic carbocycles. The first kappa shape index (κ1) is 38.5. The minimum absolute atomic E-state index is 0.231. The molecule has 0 spiro atoms. The highest BCUT2D eigenvalue weighted by Crippen LogP contribution is 2.48. The Morgan fingerprint density at radius 2 is 1.04 bits per heavy atom. The van der Waals surface area contributed by atoms with Crippen LogP contribution in [0.25, 0.3) is 33.0 Å². The van der Waals surface area contributed by atoms with Gasteiger partial charge in [0.1, 0.15) is 0 Å². The minimum Gasteiger partial charge on any atom is -0.303 e. The van der Waals surface area contributed by atoms with Crippen molar-refractivity contribution >= 4 is 22.3 Å². The van der Waals surface area contributed by atoms with E-state index in [-0.39, 0.29) is 11.6 Å². The van der Waals surface area contributed by atoms with E-state index < -0.39 is 0 Å². The Labute approximate surface area is 335 Å². The highest BCUT2D eigenvalue weighted by atomic mass is 16.1. The monoisotopic (exact) mass is 744 g/mol. The summed E-state index contributed by atoms with van der Waals surface area (Å²) in [6.07, 6.45) is 15.7. The number of Topliss-reactive ketones (excluding diaryl/α,β-unsaturated/α-hetero) is 2. The zero-order valence-electron chi connectivity index (χ0n) is 33.4. The summed E-state index contributed by atoms with van der Waals surface area (Å²) in [6.45, 7) is 6.63. The number of fused-ring (bicyclic) bond motifs is 3. The van der Waals surface area contributed by atoms with Crippen LogP contribution in [0.4, 0.5) is 0 Å². The standard InChI is InChI=1S/C52H60N2O2/c55-50(22-10-32-53-34-28-41(29-35-53)18-7-16-39-12-3-1-4-13-39)43-24-25-44-46-20-9-21-47-45(26-27-48(52(46)47)49(44)38-43)51(56)23-11-33-54-36-30-42(31-37-54)19-8-17-40-14-5-2-6-15-40/h1-6,9,12-15,20-21,24-27,38,41-42H,7-8,10-11,16-19,22-23,28-37H2. The van der Waals surface area contributed by atoms with Gasteiger partial charge in [-0.2, -0.15) is 0 Å². The zero-order chi connectivity index (χ0) is 38.1. The SMILES string of the molecule is O=C(CCCN1CCC(CCCc2ccccc2)CC1)c1ccc2c(c1)-c1ccc(C(=O)CCCN3CCC(CCCc4ccccc4)CC3)c3cccc-2c13. The van der Waals surface area contributed by atoms with E-state index in [4.69, 9.17) is 0 Å². The first-order chi connectivity index (χ1) is 27.6. The van der Waals surface area contributed by atoms with Gasteiger partial charge in [-0.25, -0.2) is 0 Å². The van der Waals surface area contributed by atoms with Crippen LogP contribution in [-0.2, 0) is 12.8 Å². The molecule has 1 aliphatic carbocycles. The van der Waals surface area contributed by atoms with Gasteiger partial charge in [0.2, 0.25) is 0 Å². The molecule has 0 radical (unpaired) electrons. The minimum atomic E-state index is 0.231. The summed E-state index contributed by atoms with van der Waals surface area (Å²) in [7, 11) is 0. The van der Waals surface area contributed by atoms with E-state index in [1.54, 1.807) is 0 Å². The van der Waals surface area contributed by atoms with Gasteiger partial charge in [-0.05, 0) is 166 Å². The molecule has 4 nitrogen and oxygen atoms in total. The second-order valence-corrected chi connectivity index (χ2v) is 17.0. The Hall–Kier alpha value is -4.38. The summed E-state index contributed by atoms with van der Waals surface area (Å²) < 4.78 is 0. The van der Waals surface area contributed by atoms with Crippen molar-refractivity contribution in [2.75, 3.05) is 39.3 Å². The van der Waals surface area contributed by atoms with Gasteiger partial charge in [0, 0.05) is 24.0 Å². The molecule has 2 fully saturated rings. The maximum absolute atomic E-state index is 13.7. The second-order valence-electron chi connectivity index (χ2n) is 17.0. The van der Waals surface area contributed by atoms with Crippen molar-refractivity contribution in [3.63, 3.8) is 0 Å². The number of nitrogens with zero attached hydrogens (tertiary/aromatic N) is 2. The quantitative estimate of drug-likeness (QED) is 0.0822. The second kappa shape index (κ2) is 18.7. The first-order valence-corrected chi connectivity index (χ1v) is 21.9. The third-order valence-electron chi connectivity index (χ3n) is 13.3.